The summed E-state index contributed by atoms with van der Waals surface area (Å²) in [5.74, 6) is 0.148. The number of rotatable bonds is 4. The van der Waals surface area contributed by atoms with E-state index >= 15 is 0 Å². The standard InChI is InChI=1S/C21H24N2O2/c1-5-15-7-12-19-18(13-15)14(3)20(23(19)6-2)21(25)22(4)16-8-10-17(24)11-9-16/h7-13,24H,5-6H2,1-4H3. The average molecular weight is 336 g/mol. The molecule has 3 aromatic rings. The number of hydrogen-bond acceptors (Lipinski definition) is 2. The normalized spacial score (nSPS) is 11.0. The van der Waals surface area contributed by atoms with E-state index in [9.17, 15) is 9.90 Å². The lowest BCUT2D eigenvalue weighted by atomic mass is 10.1. The molecule has 0 atom stereocenters. The highest BCUT2D eigenvalue weighted by molar-refractivity contribution is 6.09. The molecule has 4 nitrogen and oxygen atoms in total. The fourth-order valence-corrected chi connectivity index (χ4v) is 3.35. The summed E-state index contributed by atoms with van der Waals surface area (Å²) in [7, 11) is 1.77. The minimum atomic E-state index is -0.0423. The van der Waals surface area contributed by atoms with E-state index in [0.29, 0.717) is 0 Å². The number of amides is 1. The van der Waals surface area contributed by atoms with E-state index in [1.807, 2.05) is 6.92 Å². The number of phenols is 1. The molecule has 1 heterocycles. The highest BCUT2D eigenvalue weighted by Gasteiger charge is 2.23. The van der Waals surface area contributed by atoms with Crippen LogP contribution in [0.4, 0.5) is 5.69 Å². The molecule has 0 saturated heterocycles. The average Bonchev–Trinajstić information content (AvgIpc) is 2.92. The Morgan fingerprint density at radius 1 is 1.12 bits per heavy atom. The van der Waals surface area contributed by atoms with Crippen molar-refractivity contribution in [1.82, 2.24) is 4.57 Å². The maximum atomic E-state index is 13.2. The van der Waals surface area contributed by atoms with Gasteiger partial charge in [0.15, 0.2) is 0 Å². The second-order valence-electron chi connectivity index (χ2n) is 6.30. The SMILES string of the molecule is CCc1ccc2c(c1)c(C)c(C(=O)N(C)c1ccc(O)cc1)n2CC. The molecular formula is C21H24N2O2. The maximum Gasteiger partial charge on any atom is 0.274 e. The first kappa shape index (κ1) is 17.1. The van der Waals surface area contributed by atoms with Gasteiger partial charge in [0.05, 0.1) is 0 Å². The summed E-state index contributed by atoms with van der Waals surface area (Å²) >= 11 is 0. The van der Waals surface area contributed by atoms with E-state index < -0.39 is 0 Å². The van der Waals surface area contributed by atoms with Crippen LogP contribution >= 0.6 is 0 Å². The van der Waals surface area contributed by atoms with Crippen molar-refractivity contribution in [3.05, 3.63) is 59.3 Å². The Hall–Kier alpha value is -2.75. The number of aromatic nitrogens is 1. The van der Waals surface area contributed by atoms with Gasteiger partial charge in [-0.05, 0) is 67.8 Å². The van der Waals surface area contributed by atoms with Gasteiger partial charge in [0.25, 0.3) is 5.91 Å². The van der Waals surface area contributed by atoms with E-state index in [2.05, 4.69) is 36.6 Å². The molecule has 0 aliphatic heterocycles. The molecule has 0 radical (unpaired) electrons. The number of anilines is 1. The number of nitrogens with zero attached hydrogens (tertiary/aromatic N) is 2. The van der Waals surface area contributed by atoms with Gasteiger partial charge in [-0.25, -0.2) is 0 Å². The van der Waals surface area contributed by atoms with Crippen LogP contribution in [-0.2, 0) is 13.0 Å². The Morgan fingerprint density at radius 2 is 1.80 bits per heavy atom. The van der Waals surface area contributed by atoms with Crippen LogP contribution in [0.15, 0.2) is 42.5 Å². The van der Waals surface area contributed by atoms with Gasteiger partial charge in [-0.15, -0.1) is 0 Å². The van der Waals surface area contributed by atoms with Gasteiger partial charge in [-0.1, -0.05) is 13.0 Å². The van der Waals surface area contributed by atoms with E-state index in [1.165, 1.54) is 5.56 Å². The molecule has 0 fully saturated rings. The molecule has 0 bridgehead atoms. The molecule has 0 aliphatic rings. The zero-order valence-corrected chi connectivity index (χ0v) is 15.2. The molecule has 1 amide bonds. The highest BCUT2D eigenvalue weighted by Crippen LogP contribution is 2.29. The number of hydrogen-bond donors (Lipinski definition) is 1. The molecule has 1 aromatic heterocycles. The first-order valence-corrected chi connectivity index (χ1v) is 8.66. The zero-order valence-electron chi connectivity index (χ0n) is 15.2. The number of carbonyl (C=O) groups is 1. The van der Waals surface area contributed by atoms with Gasteiger partial charge in [-0.3, -0.25) is 4.79 Å². The van der Waals surface area contributed by atoms with Crippen molar-refractivity contribution in [2.75, 3.05) is 11.9 Å². The van der Waals surface area contributed by atoms with Gasteiger partial charge in [0.1, 0.15) is 11.4 Å². The molecule has 4 heteroatoms. The Kier molecular flexibility index (Phi) is 4.53. The van der Waals surface area contributed by atoms with Crippen LogP contribution in [0.2, 0.25) is 0 Å². The van der Waals surface area contributed by atoms with Crippen molar-refractivity contribution in [3.63, 3.8) is 0 Å². The summed E-state index contributed by atoms with van der Waals surface area (Å²) in [6, 6.07) is 13.1. The van der Waals surface area contributed by atoms with Crippen LogP contribution in [0.25, 0.3) is 10.9 Å². The minimum Gasteiger partial charge on any atom is -0.508 e. The maximum absolute atomic E-state index is 13.2. The minimum absolute atomic E-state index is 0.0423. The molecule has 3 rings (SSSR count). The van der Waals surface area contributed by atoms with Crippen LogP contribution in [-0.4, -0.2) is 22.6 Å². The quantitative estimate of drug-likeness (QED) is 0.761. The van der Waals surface area contributed by atoms with Crippen molar-refractivity contribution in [2.45, 2.75) is 33.7 Å². The molecule has 0 saturated carbocycles. The second kappa shape index (κ2) is 6.63. The van der Waals surface area contributed by atoms with Crippen LogP contribution in [0.3, 0.4) is 0 Å². The van der Waals surface area contributed by atoms with Gasteiger partial charge in [-0.2, -0.15) is 0 Å². The van der Waals surface area contributed by atoms with Crippen LogP contribution < -0.4 is 4.90 Å². The lowest BCUT2D eigenvalue weighted by Crippen LogP contribution is -2.29. The van der Waals surface area contributed by atoms with Crippen molar-refractivity contribution < 1.29 is 9.90 Å². The van der Waals surface area contributed by atoms with Crippen molar-refractivity contribution in [3.8, 4) is 5.75 Å². The molecule has 130 valence electrons. The highest BCUT2D eigenvalue weighted by atomic mass is 16.3. The van der Waals surface area contributed by atoms with Crippen molar-refractivity contribution in [1.29, 1.82) is 0 Å². The molecule has 0 aliphatic carbocycles. The Morgan fingerprint density at radius 3 is 2.40 bits per heavy atom. The predicted octanol–water partition coefficient (Wildman–Crippen LogP) is 4.51. The number of benzene rings is 2. The van der Waals surface area contributed by atoms with Crippen LogP contribution in [0.1, 0.15) is 35.5 Å². The van der Waals surface area contributed by atoms with Crippen molar-refractivity contribution in [2.24, 2.45) is 0 Å². The van der Waals surface area contributed by atoms with Crippen molar-refractivity contribution >= 4 is 22.5 Å². The topological polar surface area (TPSA) is 45.5 Å². The number of fused-ring (bicyclic) bond motifs is 1. The lowest BCUT2D eigenvalue weighted by Gasteiger charge is -2.19. The molecule has 0 unspecified atom stereocenters. The number of carbonyl (C=O) groups excluding carboxylic acids is 1. The van der Waals surface area contributed by atoms with E-state index in [4.69, 9.17) is 0 Å². The summed E-state index contributed by atoms with van der Waals surface area (Å²) in [5, 5.41) is 10.6. The zero-order chi connectivity index (χ0) is 18.1. The largest absolute Gasteiger partial charge is 0.508 e. The molecule has 0 spiro atoms. The van der Waals surface area contributed by atoms with E-state index in [0.717, 1.165) is 40.8 Å². The first-order chi connectivity index (χ1) is 12.0. The number of aromatic hydroxyl groups is 1. The summed E-state index contributed by atoms with van der Waals surface area (Å²) < 4.78 is 2.09. The third-order valence-electron chi connectivity index (χ3n) is 4.85. The fraction of sp³-hybridized carbons (Fsp3) is 0.286. The summed E-state index contributed by atoms with van der Waals surface area (Å²) in [4.78, 5) is 14.8. The Labute approximate surface area is 148 Å². The molecular weight excluding hydrogens is 312 g/mol. The summed E-state index contributed by atoms with van der Waals surface area (Å²) in [6.45, 7) is 6.95. The fourth-order valence-electron chi connectivity index (χ4n) is 3.35. The number of aryl methyl sites for hydroxylation is 3. The summed E-state index contributed by atoms with van der Waals surface area (Å²) in [5.41, 5.74) is 4.86. The number of phenolic OH excluding ortho intramolecular Hbond substituents is 1. The smallest absolute Gasteiger partial charge is 0.274 e. The Bertz CT molecular complexity index is 923. The van der Waals surface area contributed by atoms with E-state index in [1.54, 1.807) is 36.2 Å². The van der Waals surface area contributed by atoms with Gasteiger partial charge < -0.3 is 14.6 Å². The van der Waals surface area contributed by atoms with E-state index in [-0.39, 0.29) is 11.7 Å². The Balaban J connectivity index is 2.11. The third-order valence-corrected chi connectivity index (χ3v) is 4.85. The second-order valence-corrected chi connectivity index (χ2v) is 6.30. The third kappa shape index (κ3) is 2.88. The van der Waals surface area contributed by atoms with Crippen LogP contribution in [0.5, 0.6) is 5.75 Å². The summed E-state index contributed by atoms with van der Waals surface area (Å²) in [6.07, 6.45) is 0.976. The van der Waals surface area contributed by atoms with Gasteiger partial charge >= 0.3 is 0 Å². The monoisotopic (exact) mass is 336 g/mol. The predicted molar refractivity (Wildman–Crippen MR) is 103 cm³/mol. The van der Waals surface area contributed by atoms with Gasteiger partial charge in [0.2, 0.25) is 0 Å². The van der Waals surface area contributed by atoms with Crippen LogP contribution in [0, 0.1) is 6.92 Å². The molecule has 2 aromatic carbocycles. The molecule has 25 heavy (non-hydrogen) atoms. The first-order valence-electron chi connectivity index (χ1n) is 8.66. The lowest BCUT2D eigenvalue weighted by molar-refractivity contribution is 0.0984. The van der Waals surface area contributed by atoms with Gasteiger partial charge in [0, 0.05) is 30.2 Å². The molecule has 1 N–H and O–H groups in total.